The van der Waals surface area contributed by atoms with Gasteiger partial charge in [-0.15, -0.1) is 0 Å². The Morgan fingerprint density at radius 2 is 1.17 bits per heavy atom. The zero-order chi connectivity index (χ0) is 9.46. The molecule has 0 saturated carbocycles. The van der Waals surface area contributed by atoms with E-state index in [1.807, 2.05) is 0 Å². The van der Waals surface area contributed by atoms with E-state index in [-0.39, 0.29) is 33.3 Å². The van der Waals surface area contributed by atoms with E-state index in [9.17, 15) is 5.11 Å². The van der Waals surface area contributed by atoms with Gasteiger partial charge in [-0.3, -0.25) is 0 Å². The molecule has 2 nitrogen and oxygen atoms in total. The van der Waals surface area contributed by atoms with E-state index in [1.165, 1.54) is 0 Å². The molecule has 8 radical (unpaired) electrons. The van der Waals surface area contributed by atoms with Gasteiger partial charge in [0.1, 0.15) is 31.4 Å². The van der Waals surface area contributed by atoms with Crippen molar-refractivity contribution in [2.75, 3.05) is 5.73 Å². The van der Waals surface area contributed by atoms with Crippen LogP contribution in [0.15, 0.2) is 0 Å². The van der Waals surface area contributed by atoms with Gasteiger partial charge in [0.05, 0.1) is 5.75 Å². The fourth-order valence-electron chi connectivity index (χ4n) is 0.835. The van der Waals surface area contributed by atoms with Crippen LogP contribution < -0.4 is 27.6 Å². The van der Waals surface area contributed by atoms with Crippen molar-refractivity contribution in [3.63, 3.8) is 0 Å². The van der Waals surface area contributed by atoms with Gasteiger partial charge in [0.25, 0.3) is 0 Å². The summed E-state index contributed by atoms with van der Waals surface area (Å²) < 4.78 is 0. The maximum absolute atomic E-state index is 9.23. The van der Waals surface area contributed by atoms with Crippen LogP contribution in [0.2, 0.25) is 0 Å². The molecule has 1 rings (SSSR count). The predicted molar refractivity (Wildman–Crippen MR) is 54.1 cm³/mol. The number of phenolic OH excluding ortho intramolecular Hbond substituents is 1. The Labute approximate surface area is 76.2 Å². The summed E-state index contributed by atoms with van der Waals surface area (Å²) in [5, 5.41) is 9.23. The number of hydrogen-bond donors (Lipinski definition) is 2. The molecule has 3 N–H and O–H groups in total. The lowest BCUT2D eigenvalue weighted by molar-refractivity contribution is 0.484. The molecule has 0 fully saturated rings. The second kappa shape index (κ2) is 2.85. The zero-order valence-electron chi connectivity index (χ0n) is 6.33. The van der Waals surface area contributed by atoms with Crippen molar-refractivity contribution in [2.24, 2.45) is 0 Å². The minimum atomic E-state index is -0.320. The van der Waals surface area contributed by atoms with Gasteiger partial charge in [0, 0.05) is 5.69 Å². The normalized spacial score (nSPS) is 10.0. The Morgan fingerprint density at radius 3 is 1.50 bits per heavy atom. The highest BCUT2D eigenvalue weighted by Gasteiger charge is 2.09. The number of rotatable bonds is 0. The van der Waals surface area contributed by atoms with Gasteiger partial charge in [-0.2, -0.15) is 0 Å². The average molecular weight is 148 g/mol. The van der Waals surface area contributed by atoms with Gasteiger partial charge in [-0.25, -0.2) is 0 Å². The first-order valence-electron chi connectivity index (χ1n) is 3.17. The molecule has 12 heavy (non-hydrogen) atoms. The smallest absolute Gasteiger partial charge is 0.118 e. The van der Waals surface area contributed by atoms with E-state index in [1.54, 1.807) is 0 Å². The van der Waals surface area contributed by atoms with Crippen molar-refractivity contribution in [1.29, 1.82) is 0 Å². The molecule has 1 aromatic rings. The fraction of sp³-hybridized carbons (Fsp3) is 0. The first-order chi connectivity index (χ1) is 5.46. The molecule has 0 unspecified atom stereocenters. The Hall–Kier alpha value is -0.920. The average Bonchev–Trinajstić information content (AvgIpc) is 2.08. The second-order valence-electron chi connectivity index (χ2n) is 2.42. The van der Waals surface area contributed by atoms with Gasteiger partial charge in [-0.1, -0.05) is 21.9 Å². The number of phenols is 1. The van der Waals surface area contributed by atoms with Crippen LogP contribution in [-0.2, 0) is 0 Å². The Morgan fingerprint density at radius 1 is 0.833 bits per heavy atom. The van der Waals surface area contributed by atoms with Crippen LogP contribution in [-0.4, -0.2) is 36.5 Å². The summed E-state index contributed by atoms with van der Waals surface area (Å²) in [4.78, 5) is 0. The summed E-state index contributed by atoms with van der Waals surface area (Å²) in [5.74, 6) is -0.320. The van der Waals surface area contributed by atoms with E-state index in [0.29, 0.717) is 0 Å². The summed E-state index contributed by atoms with van der Waals surface area (Å²) in [6, 6.07) is 0. The molecule has 0 heterocycles. The molecule has 0 amide bonds. The number of nitrogen functional groups attached to an aromatic ring is 1. The van der Waals surface area contributed by atoms with Gasteiger partial charge in [0.15, 0.2) is 0 Å². The summed E-state index contributed by atoms with van der Waals surface area (Å²) in [6.45, 7) is 0. The van der Waals surface area contributed by atoms with Crippen LogP contribution in [0.1, 0.15) is 0 Å². The third-order valence-electron chi connectivity index (χ3n) is 1.67. The van der Waals surface area contributed by atoms with Gasteiger partial charge in [-0.05, 0) is 0 Å². The maximum atomic E-state index is 9.23. The van der Waals surface area contributed by atoms with Crippen molar-refractivity contribution < 1.29 is 5.11 Å². The molecular weight excluding hydrogens is 145 g/mol. The monoisotopic (exact) mass is 149 g/mol. The number of hydrogen-bond acceptors (Lipinski definition) is 2. The molecular formula is C6H3B4NO. The molecule has 0 aliphatic rings. The van der Waals surface area contributed by atoms with Crippen LogP contribution in [0.3, 0.4) is 0 Å². The van der Waals surface area contributed by atoms with Crippen LogP contribution in [0.5, 0.6) is 5.75 Å². The fourth-order valence-corrected chi connectivity index (χ4v) is 0.835. The highest BCUT2D eigenvalue weighted by molar-refractivity contribution is 6.60. The van der Waals surface area contributed by atoms with Crippen LogP contribution in [0.25, 0.3) is 0 Å². The van der Waals surface area contributed by atoms with E-state index in [0.717, 1.165) is 0 Å². The first kappa shape index (κ1) is 9.17. The first-order valence-corrected chi connectivity index (χ1v) is 3.17. The number of anilines is 1. The lowest BCUT2D eigenvalue weighted by Crippen LogP contribution is -2.42. The number of aromatic hydroxyl groups is 1. The van der Waals surface area contributed by atoms with E-state index in [2.05, 4.69) is 0 Å². The summed E-state index contributed by atoms with van der Waals surface area (Å²) in [5.41, 5.74) is 5.56. The molecule has 0 atom stereocenters. The van der Waals surface area contributed by atoms with Gasteiger partial charge >= 0.3 is 0 Å². The van der Waals surface area contributed by atoms with Gasteiger partial charge in [0.2, 0.25) is 0 Å². The van der Waals surface area contributed by atoms with Crippen molar-refractivity contribution in [3.05, 3.63) is 0 Å². The van der Waals surface area contributed by atoms with Crippen molar-refractivity contribution >= 4 is 58.9 Å². The Kier molecular flexibility index (Phi) is 2.18. The molecule has 0 spiro atoms. The highest BCUT2D eigenvalue weighted by Crippen LogP contribution is 1.97. The summed E-state index contributed by atoms with van der Waals surface area (Å²) in [7, 11) is 21.5. The Bertz CT molecular complexity index is 234. The summed E-state index contributed by atoms with van der Waals surface area (Å²) in [6.07, 6.45) is 0. The lowest BCUT2D eigenvalue weighted by atomic mass is 9.68. The largest absolute Gasteiger partial charge is 0.509 e. The second-order valence-corrected chi connectivity index (χ2v) is 2.42. The number of benzene rings is 1. The molecule has 50 valence electrons. The van der Waals surface area contributed by atoms with Crippen LogP contribution in [0, 0.1) is 0 Å². The third-order valence-corrected chi connectivity index (χ3v) is 1.67. The molecule has 0 bridgehead atoms. The molecule has 0 aliphatic carbocycles. The van der Waals surface area contributed by atoms with E-state index < -0.39 is 0 Å². The maximum Gasteiger partial charge on any atom is 0.118 e. The minimum Gasteiger partial charge on any atom is -0.509 e. The minimum absolute atomic E-state index is 0.0424. The third kappa shape index (κ3) is 1.11. The highest BCUT2D eigenvalue weighted by atomic mass is 16.3. The van der Waals surface area contributed by atoms with E-state index in [4.69, 9.17) is 37.1 Å². The van der Waals surface area contributed by atoms with Crippen molar-refractivity contribution in [3.8, 4) is 5.75 Å². The summed E-state index contributed by atoms with van der Waals surface area (Å²) >= 11 is 0. The molecule has 6 heteroatoms. The SMILES string of the molecule is [B]c1c([B])c(O)c([B])c([B])c1N. The van der Waals surface area contributed by atoms with Crippen LogP contribution >= 0.6 is 0 Å². The van der Waals surface area contributed by atoms with Crippen LogP contribution in [0.4, 0.5) is 5.69 Å². The molecule has 0 saturated heterocycles. The van der Waals surface area contributed by atoms with E-state index >= 15 is 0 Å². The lowest BCUT2D eigenvalue weighted by Gasteiger charge is -2.15. The zero-order valence-corrected chi connectivity index (χ0v) is 6.33. The molecule has 0 aliphatic heterocycles. The topological polar surface area (TPSA) is 46.2 Å². The molecule has 0 aromatic heterocycles. The molecule has 1 aromatic carbocycles. The van der Waals surface area contributed by atoms with Crippen molar-refractivity contribution in [2.45, 2.75) is 0 Å². The number of nitrogens with two attached hydrogens (primary N) is 1. The predicted octanol–water partition coefficient (Wildman–Crippen LogP) is -3.85. The van der Waals surface area contributed by atoms with Gasteiger partial charge < -0.3 is 10.8 Å². The quantitative estimate of drug-likeness (QED) is 0.225. The van der Waals surface area contributed by atoms with Crippen molar-refractivity contribution in [1.82, 2.24) is 0 Å². The standard InChI is InChI=1S/C6H3B4NO/c7-1-3(9)6(12)4(10)2(8)5(1)11/h12H,11H2. The Balaban J connectivity index is 3.60.